The Hall–Kier alpha value is -2.35. The number of non-ortho nitro benzene ring substituents is 1. The highest BCUT2D eigenvalue weighted by Gasteiger charge is 2.08. The van der Waals surface area contributed by atoms with Crippen molar-refractivity contribution in [3.63, 3.8) is 0 Å². The van der Waals surface area contributed by atoms with Crippen LogP contribution in [0.5, 0.6) is 5.75 Å². The van der Waals surface area contributed by atoms with Gasteiger partial charge in [0, 0.05) is 25.2 Å². The molecule has 0 heterocycles. The topological polar surface area (TPSA) is 109 Å². The average molecular weight is 366 g/mol. The first-order valence-electron chi connectivity index (χ1n) is 9.14. The average Bonchev–Trinajstić information content (AvgIpc) is 2.64. The standard InChI is InChI=1S/C18H30N4O4/c1-3-5-6-7-12-20-18(19-4-2)21-13-16(23)14-26-17-10-8-15(9-11-17)22(24)25/h8-11,16,23H,3-7,12-14H2,1-2H3,(H2,19,20,21). The van der Waals surface area contributed by atoms with Crippen LogP contribution < -0.4 is 15.4 Å². The van der Waals surface area contributed by atoms with Crippen molar-refractivity contribution in [2.75, 3.05) is 26.2 Å². The highest BCUT2D eigenvalue weighted by molar-refractivity contribution is 5.79. The first-order valence-corrected chi connectivity index (χ1v) is 9.14. The molecule has 0 saturated carbocycles. The van der Waals surface area contributed by atoms with Gasteiger partial charge in [-0.1, -0.05) is 26.2 Å². The van der Waals surface area contributed by atoms with Crippen molar-refractivity contribution in [1.82, 2.24) is 10.6 Å². The number of nitro groups is 1. The Kier molecular flexibility index (Phi) is 10.8. The molecule has 0 radical (unpaired) electrons. The maximum Gasteiger partial charge on any atom is 0.269 e. The molecule has 8 nitrogen and oxygen atoms in total. The van der Waals surface area contributed by atoms with Crippen molar-refractivity contribution >= 4 is 11.6 Å². The van der Waals surface area contributed by atoms with E-state index in [1.54, 1.807) is 0 Å². The summed E-state index contributed by atoms with van der Waals surface area (Å²) < 4.78 is 5.44. The summed E-state index contributed by atoms with van der Waals surface area (Å²) >= 11 is 0. The Balaban J connectivity index is 2.36. The maximum atomic E-state index is 10.6. The van der Waals surface area contributed by atoms with Crippen LogP contribution in [0.4, 0.5) is 5.69 Å². The monoisotopic (exact) mass is 366 g/mol. The fraction of sp³-hybridized carbons (Fsp3) is 0.611. The van der Waals surface area contributed by atoms with E-state index in [-0.39, 0.29) is 18.8 Å². The third-order valence-electron chi connectivity index (χ3n) is 3.62. The molecule has 26 heavy (non-hydrogen) atoms. The second-order valence-corrected chi connectivity index (χ2v) is 5.92. The molecule has 0 spiro atoms. The van der Waals surface area contributed by atoms with E-state index in [1.807, 2.05) is 6.92 Å². The molecule has 0 aromatic heterocycles. The predicted molar refractivity (Wildman–Crippen MR) is 103 cm³/mol. The molecule has 0 aliphatic rings. The third kappa shape index (κ3) is 9.22. The number of hydrogen-bond donors (Lipinski definition) is 3. The van der Waals surface area contributed by atoms with Crippen molar-refractivity contribution in [2.45, 2.75) is 45.6 Å². The van der Waals surface area contributed by atoms with Gasteiger partial charge in [-0.05, 0) is 25.5 Å². The molecule has 0 amide bonds. The minimum atomic E-state index is -0.763. The molecule has 1 aromatic rings. The Morgan fingerprint density at radius 3 is 2.58 bits per heavy atom. The number of aliphatic hydroxyl groups is 1. The van der Waals surface area contributed by atoms with Gasteiger partial charge in [0.25, 0.3) is 5.69 Å². The number of guanidine groups is 1. The molecule has 3 N–H and O–H groups in total. The molecular formula is C18H30N4O4. The molecule has 0 fully saturated rings. The molecule has 1 rings (SSSR count). The lowest BCUT2D eigenvalue weighted by molar-refractivity contribution is -0.384. The van der Waals surface area contributed by atoms with Gasteiger partial charge in [0.1, 0.15) is 18.5 Å². The smallest absolute Gasteiger partial charge is 0.269 e. The van der Waals surface area contributed by atoms with E-state index in [9.17, 15) is 15.2 Å². The minimum Gasteiger partial charge on any atom is -0.491 e. The Bertz CT molecular complexity index is 549. The zero-order valence-corrected chi connectivity index (χ0v) is 15.6. The fourth-order valence-electron chi connectivity index (χ4n) is 2.21. The molecule has 1 atom stereocenters. The van der Waals surface area contributed by atoms with E-state index in [0.29, 0.717) is 11.7 Å². The number of nitro benzene ring substituents is 1. The quantitative estimate of drug-likeness (QED) is 0.172. The molecule has 1 aromatic carbocycles. The van der Waals surface area contributed by atoms with E-state index in [2.05, 4.69) is 22.5 Å². The largest absolute Gasteiger partial charge is 0.491 e. The van der Waals surface area contributed by atoms with Gasteiger partial charge in [-0.3, -0.25) is 15.1 Å². The lowest BCUT2D eigenvalue weighted by Crippen LogP contribution is -2.38. The Morgan fingerprint density at radius 2 is 1.96 bits per heavy atom. The van der Waals surface area contributed by atoms with Crippen molar-refractivity contribution in [1.29, 1.82) is 0 Å². The SMILES string of the molecule is CCCCCCNC(=NCC(O)COc1ccc([N+](=O)[O-])cc1)NCC. The van der Waals surface area contributed by atoms with Gasteiger partial charge in [0.05, 0.1) is 11.5 Å². The fourth-order valence-corrected chi connectivity index (χ4v) is 2.21. The lowest BCUT2D eigenvalue weighted by atomic mass is 10.2. The predicted octanol–water partition coefficient (Wildman–Crippen LogP) is 2.47. The summed E-state index contributed by atoms with van der Waals surface area (Å²) in [7, 11) is 0. The molecule has 0 saturated heterocycles. The van der Waals surface area contributed by atoms with Gasteiger partial charge in [-0.15, -0.1) is 0 Å². The van der Waals surface area contributed by atoms with Crippen LogP contribution in [0.25, 0.3) is 0 Å². The van der Waals surface area contributed by atoms with Crippen molar-refractivity contribution in [2.24, 2.45) is 4.99 Å². The highest BCUT2D eigenvalue weighted by Crippen LogP contribution is 2.17. The number of nitrogens with one attached hydrogen (secondary N) is 2. The van der Waals surface area contributed by atoms with Gasteiger partial charge in [0.15, 0.2) is 5.96 Å². The molecule has 0 aliphatic heterocycles. The normalized spacial score (nSPS) is 12.5. The minimum absolute atomic E-state index is 0.00258. The van der Waals surface area contributed by atoms with Gasteiger partial charge in [0.2, 0.25) is 0 Å². The van der Waals surface area contributed by atoms with Crippen LogP contribution in [0, 0.1) is 10.1 Å². The van der Waals surface area contributed by atoms with Crippen LogP contribution in [0.3, 0.4) is 0 Å². The lowest BCUT2D eigenvalue weighted by Gasteiger charge is -2.13. The zero-order valence-electron chi connectivity index (χ0n) is 15.6. The van der Waals surface area contributed by atoms with Crippen LogP contribution in [-0.2, 0) is 0 Å². The van der Waals surface area contributed by atoms with Crippen LogP contribution in [0.15, 0.2) is 29.3 Å². The number of nitrogens with zero attached hydrogens (tertiary/aromatic N) is 2. The first-order chi connectivity index (χ1) is 12.6. The molecule has 146 valence electrons. The summed E-state index contributed by atoms with van der Waals surface area (Å²) in [6.45, 7) is 6.04. The number of benzene rings is 1. The van der Waals surface area contributed by atoms with Crippen LogP contribution in [-0.4, -0.2) is 48.3 Å². The molecule has 0 bridgehead atoms. The number of aliphatic imine (C=N–C) groups is 1. The van der Waals surface area contributed by atoms with Crippen molar-refractivity contribution in [3.05, 3.63) is 34.4 Å². The van der Waals surface area contributed by atoms with Crippen LogP contribution in [0.1, 0.15) is 39.5 Å². The Labute approximate surface area is 154 Å². The summed E-state index contributed by atoms with van der Waals surface area (Å²) in [6.07, 6.45) is 3.95. The number of ether oxygens (including phenoxy) is 1. The van der Waals surface area contributed by atoms with E-state index >= 15 is 0 Å². The maximum absolute atomic E-state index is 10.6. The molecule has 1 unspecified atom stereocenters. The summed E-state index contributed by atoms with van der Waals surface area (Å²) in [4.78, 5) is 14.5. The number of hydrogen-bond acceptors (Lipinski definition) is 5. The van der Waals surface area contributed by atoms with Gasteiger partial charge in [-0.2, -0.15) is 0 Å². The number of aliphatic hydroxyl groups excluding tert-OH is 1. The van der Waals surface area contributed by atoms with Crippen LogP contribution in [0.2, 0.25) is 0 Å². The first kappa shape index (κ1) is 21.7. The molecular weight excluding hydrogens is 336 g/mol. The third-order valence-corrected chi connectivity index (χ3v) is 3.62. The Morgan fingerprint density at radius 1 is 1.23 bits per heavy atom. The van der Waals surface area contributed by atoms with Crippen molar-refractivity contribution in [3.8, 4) is 5.75 Å². The van der Waals surface area contributed by atoms with E-state index in [1.165, 1.54) is 43.5 Å². The second-order valence-electron chi connectivity index (χ2n) is 5.92. The van der Waals surface area contributed by atoms with E-state index in [4.69, 9.17) is 4.74 Å². The zero-order chi connectivity index (χ0) is 19.2. The molecule has 0 aliphatic carbocycles. The summed E-state index contributed by atoms with van der Waals surface area (Å²) in [5.41, 5.74) is 0.00258. The summed E-state index contributed by atoms with van der Waals surface area (Å²) in [5.74, 6) is 1.15. The van der Waals surface area contributed by atoms with E-state index in [0.717, 1.165) is 19.5 Å². The van der Waals surface area contributed by atoms with Crippen LogP contribution >= 0.6 is 0 Å². The molecule has 8 heteroatoms. The van der Waals surface area contributed by atoms with Crippen molar-refractivity contribution < 1.29 is 14.8 Å². The van der Waals surface area contributed by atoms with Gasteiger partial charge < -0.3 is 20.5 Å². The number of rotatable bonds is 12. The van der Waals surface area contributed by atoms with Gasteiger partial charge >= 0.3 is 0 Å². The summed E-state index contributed by atoms with van der Waals surface area (Å²) in [6, 6.07) is 5.75. The summed E-state index contributed by atoms with van der Waals surface area (Å²) in [5, 5.41) is 27.0. The second kappa shape index (κ2) is 12.9. The van der Waals surface area contributed by atoms with Gasteiger partial charge in [-0.25, -0.2) is 0 Å². The highest BCUT2D eigenvalue weighted by atomic mass is 16.6. The van der Waals surface area contributed by atoms with E-state index < -0.39 is 11.0 Å². The number of unbranched alkanes of at least 4 members (excludes halogenated alkanes) is 3.